The van der Waals surface area contributed by atoms with Gasteiger partial charge in [0, 0.05) is 0 Å². The molecular formula is C10H18N2O. The minimum atomic E-state index is -0.839. The third kappa shape index (κ3) is 3.47. The van der Waals surface area contributed by atoms with Crippen LogP contribution in [-0.4, -0.2) is 17.0 Å². The molecule has 0 fully saturated rings. The van der Waals surface area contributed by atoms with Gasteiger partial charge in [0.05, 0.1) is 11.1 Å². The highest BCUT2D eigenvalue weighted by molar-refractivity contribution is 5.86. The average Bonchev–Trinajstić information content (AvgIpc) is 2.04. The highest BCUT2D eigenvalue weighted by Gasteiger charge is 2.29. The largest absolute Gasteiger partial charge is 0.339 e. The second-order valence-electron chi connectivity index (χ2n) is 3.99. The van der Waals surface area contributed by atoms with Crippen LogP contribution in [-0.2, 0) is 4.79 Å². The van der Waals surface area contributed by atoms with Gasteiger partial charge in [-0.25, -0.2) is 0 Å². The van der Waals surface area contributed by atoms with Crippen molar-refractivity contribution in [1.82, 2.24) is 5.32 Å². The molecule has 0 aliphatic heterocycles. The monoisotopic (exact) mass is 182 g/mol. The van der Waals surface area contributed by atoms with Crippen molar-refractivity contribution in [2.24, 2.45) is 5.73 Å². The molecule has 3 N–H and O–H groups in total. The lowest BCUT2D eigenvalue weighted by Gasteiger charge is -2.27. The number of nitrogens with one attached hydrogen (secondary N) is 1. The molecule has 0 saturated carbocycles. The van der Waals surface area contributed by atoms with Gasteiger partial charge < -0.3 is 11.1 Å². The fourth-order valence-electron chi connectivity index (χ4n) is 0.623. The van der Waals surface area contributed by atoms with Crippen LogP contribution >= 0.6 is 0 Å². The normalized spacial score (nSPS) is 15.7. The van der Waals surface area contributed by atoms with Gasteiger partial charge in [-0.3, -0.25) is 4.79 Å². The van der Waals surface area contributed by atoms with Crippen LogP contribution in [0.25, 0.3) is 0 Å². The predicted octanol–water partition coefficient (Wildman–Crippen LogP) is 0.642. The quantitative estimate of drug-likeness (QED) is 0.629. The summed E-state index contributed by atoms with van der Waals surface area (Å²) in [6.07, 6.45) is 5.82. The lowest BCUT2D eigenvalue weighted by atomic mass is 9.97. The van der Waals surface area contributed by atoms with Gasteiger partial charge in [0.2, 0.25) is 5.91 Å². The van der Waals surface area contributed by atoms with Crippen molar-refractivity contribution in [3.05, 3.63) is 0 Å². The number of carbonyl (C=O) groups excluding carboxylic acids is 1. The van der Waals surface area contributed by atoms with E-state index >= 15 is 0 Å². The van der Waals surface area contributed by atoms with Gasteiger partial charge >= 0.3 is 0 Å². The molecule has 0 aromatic heterocycles. The molecule has 0 aromatic carbocycles. The van der Waals surface area contributed by atoms with Gasteiger partial charge in [0.15, 0.2) is 0 Å². The van der Waals surface area contributed by atoms with Crippen LogP contribution in [0.3, 0.4) is 0 Å². The van der Waals surface area contributed by atoms with Crippen molar-refractivity contribution in [2.75, 3.05) is 0 Å². The van der Waals surface area contributed by atoms with Gasteiger partial charge in [-0.2, -0.15) is 0 Å². The molecule has 13 heavy (non-hydrogen) atoms. The molecule has 0 saturated heterocycles. The van der Waals surface area contributed by atoms with Crippen molar-refractivity contribution in [1.29, 1.82) is 0 Å². The number of nitrogens with two attached hydrogens (primary N) is 1. The number of carbonyl (C=O) groups is 1. The first-order valence-electron chi connectivity index (χ1n) is 4.34. The SMILES string of the molecule is C#CC(C)(C)NC(=O)C(C)(N)CC. The molecule has 0 rings (SSSR count). The molecule has 3 nitrogen and oxygen atoms in total. The van der Waals surface area contributed by atoms with Gasteiger partial charge in [0.25, 0.3) is 0 Å². The first-order chi connectivity index (χ1) is 5.75. The number of hydrogen-bond acceptors (Lipinski definition) is 2. The van der Waals surface area contributed by atoms with Crippen LogP contribution in [0.4, 0.5) is 0 Å². The zero-order chi connectivity index (χ0) is 10.7. The van der Waals surface area contributed by atoms with E-state index in [-0.39, 0.29) is 5.91 Å². The van der Waals surface area contributed by atoms with Crippen LogP contribution < -0.4 is 11.1 Å². The molecule has 0 aliphatic carbocycles. The van der Waals surface area contributed by atoms with Crippen molar-refractivity contribution in [3.63, 3.8) is 0 Å². The zero-order valence-corrected chi connectivity index (χ0v) is 8.77. The van der Waals surface area contributed by atoms with Crippen LogP contribution in [0.15, 0.2) is 0 Å². The standard InChI is InChI=1S/C10H18N2O/c1-6-9(3,4)12-8(13)10(5,11)7-2/h1H,7,11H2,2-5H3,(H,12,13). The lowest BCUT2D eigenvalue weighted by Crippen LogP contribution is -2.56. The van der Waals surface area contributed by atoms with Crippen molar-refractivity contribution in [2.45, 2.75) is 45.2 Å². The molecular weight excluding hydrogens is 164 g/mol. The zero-order valence-electron chi connectivity index (χ0n) is 8.77. The Bertz CT molecular complexity index is 236. The summed E-state index contributed by atoms with van der Waals surface area (Å²) in [7, 11) is 0. The molecule has 0 bridgehead atoms. The molecule has 3 heteroatoms. The van der Waals surface area contributed by atoms with Crippen molar-refractivity contribution >= 4 is 5.91 Å². The Morgan fingerprint density at radius 3 is 2.31 bits per heavy atom. The van der Waals surface area contributed by atoms with E-state index in [2.05, 4.69) is 11.2 Å². The highest BCUT2D eigenvalue weighted by Crippen LogP contribution is 2.08. The van der Waals surface area contributed by atoms with E-state index in [4.69, 9.17) is 12.2 Å². The minimum absolute atomic E-state index is 0.210. The van der Waals surface area contributed by atoms with Crippen molar-refractivity contribution < 1.29 is 4.79 Å². The van der Waals surface area contributed by atoms with Gasteiger partial charge in [-0.15, -0.1) is 6.42 Å². The topological polar surface area (TPSA) is 55.1 Å². The summed E-state index contributed by atoms with van der Waals surface area (Å²) in [5, 5.41) is 2.70. The van der Waals surface area contributed by atoms with E-state index in [1.54, 1.807) is 20.8 Å². The number of terminal acetylenes is 1. The third-order valence-corrected chi connectivity index (χ3v) is 2.04. The van der Waals surface area contributed by atoms with E-state index in [9.17, 15) is 4.79 Å². The smallest absolute Gasteiger partial charge is 0.240 e. The Morgan fingerprint density at radius 2 is 2.00 bits per heavy atom. The van der Waals surface area contributed by atoms with E-state index in [0.717, 1.165) is 0 Å². The first kappa shape index (κ1) is 12.0. The maximum atomic E-state index is 11.5. The molecule has 0 radical (unpaired) electrons. The van der Waals surface area contributed by atoms with Crippen LogP contribution in [0, 0.1) is 12.3 Å². The first-order valence-corrected chi connectivity index (χ1v) is 4.34. The summed E-state index contributed by atoms with van der Waals surface area (Å²) in [6.45, 7) is 7.07. The summed E-state index contributed by atoms with van der Waals surface area (Å²) in [4.78, 5) is 11.5. The average molecular weight is 182 g/mol. The Kier molecular flexibility index (Phi) is 3.50. The van der Waals surface area contributed by atoms with Crippen LogP contribution in [0.5, 0.6) is 0 Å². The predicted molar refractivity (Wildman–Crippen MR) is 53.9 cm³/mol. The molecule has 0 heterocycles. The van der Waals surface area contributed by atoms with Gasteiger partial charge in [-0.05, 0) is 27.2 Å². The summed E-state index contributed by atoms with van der Waals surface area (Å²) in [5.74, 6) is 2.27. The number of hydrogen-bond donors (Lipinski definition) is 2. The Morgan fingerprint density at radius 1 is 1.54 bits per heavy atom. The summed E-state index contributed by atoms with van der Waals surface area (Å²) >= 11 is 0. The van der Waals surface area contributed by atoms with E-state index in [1.807, 2.05) is 6.92 Å². The second-order valence-corrected chi connectivity index (χ2v) is 3.99. The molecule has 0 aromatic rings. The summed E-state index contributed by atoms with van der Waals surface area (Å²) in [6, 6.07) is 0. The maximum absolute atomic E-state index is 11.5. The maximum Gasteiger partial charge on any atom is 0.240 e. The Hall–Kier alpha value is -1.01. The third-order valence-electron chi connectivity index (χ3n) is 2.04. The Balaban J connectivity index is 4.43. The fourth-order valence-corrected chi connectivity index (χ4v) is 0.623. The molecule has 1 amide bonds. The minimum Gasteiger partial charge on any atom is -0.339 e. The van der Waals surface area contributed by atoms with Gasteiger partial charge in [0.1, 0.15) is 0 Å². The van der Waals surface area contributed by atoms with E-state index in [1.165, 1.54) is 0 Å². The van der Waals surface area contributed by atoms with Crippen LogP contribution in [0.1, 0.15) is 34.1 Å². The highest BCUT2D eigenvalue weighted by atomic mass is 16.2. The summed E-state index contributed by atoms with van der Waals surface area (Å²) < 4.78 is 0. The molecule has 1 atom stereocenters. The summed E-state index contributed by atoms with van der Waals surface area (Å²) in [5.41, 5.74) is 4.27. The van der Waals surface area contributed by atoms with Crippen molar-refractivity contribution in [3.8, 4) is 12.3 Å². The molecule has 74 valence electrons. The van der Waals surface area contributed by atoms with Crippen LogP contribution in [0.2, 0.25) is 0 Å². The fraction of sp³-hybridized carbons (Fsp3) is 0.700. The second kappa shape index (κ2) is 3.80. The van der Waals surface area contributed by atoms with E-state index < -0.39 is 11.1 Å². The Labute approximate surface area is 80.1 Å². The molecule has 0 aliphatic rings. The van der Waals surface area contributed by atoms with E-state index in [0.29, 0.717) is 6.42 Å². The lowest BCUT2D eigenvalue weighted by molar-refractivity contribution is -0.127. The number of amides is 1. The molecule has 0 spiro atoms. The molecule has 1 unspecified atom stereocenters. The van der Waals surface area contributed by atoms with Gasteiger partial charge in [-0.1, -0.05) is 12.8 Å². The number of rotatable bonds is 3.